The first-order valence-electron chi connectivity index (χ1n) is 6.63. The number of hydrogen-bond acceptors (Lipinski definition) is 4. The molecule has 1 aliphatic heterocycles. The number of para-hydroxylation sites is 1. The summed E-state index contributed by atoms with van der Waals surface area (Å²) in [6, 6.07) is 6.09. The number of aliphatic carboxylic acids is 1. The molecule has 0 radical (unpaired) electrons. The Labute approximate surface area is 121 Å². The fraction of sp³-hybridized carbons (Fsp3) is 0.429. The third kappa shape index (κ3) is 3.18. The Balaban J connectivity index is 2.10. The predicted molar refractivity (Wildman–Crippen MR) is 73.7 cm³/mol. The van der Waals surface area contributed by atoms with Gasteiger partial charge in [-0.05, 0) is 5.92 Å². The molecular formula is C14H16N2O5. The molecule has 1 amide bonds. The summed E-state index contributed by atoms with van der Waals surface area (Å²) < 4.78 is 0. The Morgan fingerprint density at radius 3 is 2.62 bits per heavy atom. The smallest absolute Gasteiger partial charge is 0.308 e. The van der Waals surface area contributed by atoms with Crippen LogP contribution in [0.3, 0.4) is 0 Å². The molecule has 1 heterocycles. The number of amides is 1. The molecule has 7 nitrogen and oxygen atoms in total. The molecule has 0 aromatic heterocycles. The van der Waals surface area contributed by atoms with Crippen LogP contribution < -0.4 is 0 Å². The lowest BCUT2D eigenvalue weighted by atomic mass is 9.99. The van der Waals surface area contributed by atoms with Crippen LogP contribution in [-0.2, 0) is 16.0 Å². The van der Waals surface area contributed by atoms with Crippen LogP contribution in [-0.4, -0.2) is 39.9 Å². The summed E-state index contributed by atoms with van der Waals surface area (Å²) >= 11 is 0. The van der Waals surface area contributed by atoms with Crippen LogP contribution in [0.25, 0.3) is 0 Å². The van der Waals surface area contributed by atoms with Gasteiger partial charge in [-0.2, -0.15) is 0 Å². The molecule has 1 aromatic carbocycles. The molecule has 2 atom stereocenters. The van der Waals surface area contributed by atoms with Gasteiger partial charge in [0.15, 0.2) is 0 Å². The number of carboxylic acid groups (broad SMARTS) is 1. The summed E-state index contributed by atoms with van der Waals surface area (Å²) in [5.41, 5.74) is 0.256. The molecule has 2 unspecified atom stereocenters. The summed E-state index contributed by atoms with van der Waals surface area (Å²) in [7, 11) is 0. The van der Waals surface area contributed by atoms with Crippen LogP contribution in [0.15, 0.2) is 24.3 Å². The van der Waals surface area contributed by atoms with Gasteiger partial charge in [-0.15, -0.1) is 0 Å². The Morgan fingerprint density at radius 1 is 1.38 bits per heavy atom. The van der Waals surface area contributed by atoms with E-state index in [0.717, 1.165) is 0 Å². The number of carbonyl (C=O) groups is 2. The van der Waals surface area contributed by atoms with Gasteiger partial charge in [0.25, 0.3) is 5.69 Å². The first-order chi connectivity index (χ1) is 9.90. The summed E-state index contributed by atoms with van der Waals surface area (Å²) in [6.07, 6.45) is -0.0871. The molecule has 0 saturated carbocycles. The fourth-order valence-electron chi connectivity index (χ4n) is 2.61. The van der Waals surface area contributed by atoms with Crippen molar-refractivity contribution in [3.05, 3.63) is 39.9 Å². The van der Waals surface area contributed by atoms with Crippen LogP contribution in [0.2, 0.25) is 0 Å². The van der Waals surface area contributed by atoms with Gasteiger partial charge in [0, 0.05) is 24.7 Å². The van der Waals surface area contributed by atoms with E-state index in [4.69, 9.17) is 5.11 Å². The molecule has 1 N–H and O–H groups in total. The van der Waals surface area contributed by atoms with Crippen LogP contribution in [0.4, 0.5) is 5.69 Å². The molecule has 2 rings (SSSR count). The Hall–Kier alpha value is -2.44. The number of likely N-dealkylation sites (tertiary alicyclic amines) is 1. The number of benzene rings is 1. The second-order valence-electron chi connectivity index (χ2n) is 5.28. The van der Waals surface area contributed by atoms with E-state index < -0.39 is 16.8 Å². The van der Waals surface area contributed by atoms with E-state index in [-0.39, 0.29) is 30.5 Å². The first kappa shape index (κ1) is 15.0. The molecule has 0 spiro atoms. The van der Waals surface area contributed by atoms with Gasteiger partial charge >= 0.3 is 5.97 Å². The van der Waals surface area contributed by atoms with Crippen LogP contribution in [0, 0.1) is 22.0 Å². The second kappa shape index (κ2) is 5.90. The lowest BCUT2D eigenvalue weighted by molar-refractivity contribution is -0.385. The average Bonchev–Trinajstić information content (AvgIpc) is 2.81. The fourth-order valence-corrected chi connectivity index (χ4v) is 2.61. The number of carboxylic acids is 1. The molecule has 7 heteroatoms. The van der Waals surface area contributed by atoms with Crippen LogP contribution >= 0.6 is 0 Å². The zero-order chi connectivity index (χ0) is 15.6. The molecule has 0 bridgehead atoms. The Bertz CT molecular complexity index is 586. The second-order valence-corrected chi connectivity index (χ2v) is 5.28. The van der Waals surface area contributed by atoms with E-state index in [9.17, 15) is 19.7 Å². The van der Waals surface area contributed by atoms with Crippen molar-refractivity contribution < 1.29 is 19.6 Å². The molecular weight excluding hydrogens is 276 g/mol. The molecule has 1 aromatic rings. The minimum atomic E-state index is -0.913. The van der Waals surface area contributed by atoms with Gasteiger partial charge < -0.3 is 10.0 Å². The van der Waals surface area contributed by atoms with Crippen molar-refractivity contribution in [2.75, 3.05) is 13.1 Å². The standard InChI is InChI=1S/C14H16N2O5/c1-9-7-15(8-11(9)14(18)19)13(17)6-10-4-2-3-5-12(10)16(20)21/h2-5,9,11H,6-8H2,1H3,(H,18,19). The van der Waals surface area contributed by atoms with Crippen molar-refractivity contribution in [2.45, 2.75) is 13.3 Å². The van der Waals surface area contributed by atoms with E-state index in [1.54, 1.807) is 25.1 Å². The number of nitro benzene ring substituents is 1. The number of nitrogens with zero attached hydrogens (tertiary/aromatic N) is 2. The van der Waals surface area contributed by atoms with Crippen molar-refractivity contribution in [1.82, 2.24) is 4.90 Å². The topological polar surface area (TPSA) is 101 Å². The molecule has 0 aliphatic carbocycles. The monoisotopic (exact) mass is 292 g/mol. The Morgan fingerprint density at radius 2 is 2.05 bits per heavy atom. The highest BCUT2D eigenvalue weighted by molar-refractivity contribution is 5.81. The normalized spacial score (nSPS) is 21.3. The maximum Gasteiger partial charge on any atom is 0.308 e. The van der Waals surface area contributed by atoms with Crippen molar-refractivity contribution in [3.8, 4) is 0 Å². The van der Waals surface area contributed by atoms with Crippen molar-refractivity contribution >= 4 is 17.6 Å². The zero-order valence-electron chi connectivity index (χ0n) is 11.6. The lowest BCUT2D eigenvalue weighted by Gasteiger charge is -2.15. The highest BCUT2D eigenvalue weighted by Crippen LogP contribution is 2.25. The summed E-state index contributed by atoms with van der Waals surface area (Å²) in [4.78, 5) is 35.1. The highest BCUT2D eigenvalue weighted by atomic mass is 16.6. The third-order valence-corrected chi connectivity index (χ3v) is 3.81. The van der Waals surface area contributed by atoms with E-state index >= 15 is 0 Å². The lowest BCUT2D eigenvalue weighted by Crippen LogP contribution is -2.31. The van der Waals surface area contributed by atoms with Gasteiger partial charge in [0.05, 0.1) is 17.3 Å². The van der Waals surface area contributed by atoms with Gasteiger partial charge in [-0.3, -0.25) is 19.7 Å². The van der Waals surface area contributed by atoms with E-state index in [1.807, 2.05) is 0 Å². The van der Waals surface area contributed by atoms with Crippen molar-refractivity contribution in [2.24, 2.45) is 11.8 Å². The van der Waals surface area contributed by atoms with Crippen molar-refractivity contribution in [3.63, 3.8) is 0 Å². The molecule has 21 heavy (non-hydrogen) atoms. The zero-order valence-corrected chi connectivity index (χ0v) is 11.6. The maximum atomic E-state index is 12.2. The van der Waals surface area contributed by atoms with Crippen molar-refractivity contribution in [1.29, 1.82) is 0 Å². The van der Waals surface area contributed by atoms with Crippen LogP contribution in [0.5, 0.6) is 0 Å². The van der Waals surface area contributed by atoms with Gasteiger partial charge in [0.2, 0.25) is 5.91 Å². The summed E-state index contributed by atoms with van der Waals surface area (Å²) in [5, 5.41) is 20.0. The largest absolute Gasteiger partial charge is 0.481 e. The first-order valence-corrected chi connectivity index (χ1v) is 6.63. The molecule has 1 saturated heterocycles. The number of rotatable bonds is 4. The van der Waals surface area contributed by atoms with E-state index in [2.05, 4.69) is 0 Å². The molecule has 112 valence electrons. The highest BCUT2D eigenvalue weighted by Gasteiger charge is 2.37. The quantitative estimate of drug-likeness (QED) is 0.666. The number of carbonyl (C=O) groups excluding carboxylic acids is 1. The summed E-state index contributed by atoms with van der Waals surface area (Å²) in [5.74, 6) is -1.87. The number of hydrogen-bond donors (Lipinski definition) is 1. The Kier molecular flexibility index (Phi) is 4.21. The predicted octanol–water partition coefficient (Wildman–Crippen LogP) is 1.32. The maximum absolute atomic E-state index is 12.2. The minimum Gasteiger partial charge on any atom is -0.481 e. The molecule has 1 aliphatic rings. The SMILES string of the molecule is CC1CN(C(=O)Cc2ccccc2[N+](=O)[O-])CC1C(=O)O. The van der Waals surface area contributed by atoms with Gasteiger partial charge in [-0.25, -0.2) is 0 Å². The average molecular weight is 292 g/mol. The van der Waals surface area contributed by atoms with Gasteiger partial charge in [-0.1, -0.05) is 25.1 Å². The van der Waals surface area contributed by atoms with E-state index in [0.29, 0.717) is 12.1 Å². The third-order valence-electron chi connectivity index (χ3n) is 3.81. The van der Waals surface area contributed by atoms with Gasteiger partial charge in [0.1, 0.15) is 0 Å². The minimum absolute atomic E-state index is 0.0871. The molecule has 1 fully saturated rings. The van der Waals surface area contributed by atoms with Crippen LogP contribution in [0.1, 0.15) is 12.5 Å². The van der Waals surface area contributed by atoms with E-state index in [1.165, 1.54) is 11.0 Å². The number of nitro groups is 1. The summed E-state index contributed by atoms with van der Waals surface area (Å²) in [6.45, 7) is 2.32.